The number of amides is 1. The fraction of sp³-hybridized carbons (Fsp3) is 0.923. The average molecular weight is 255 g/mol. The Labute approximate surface area is 109 Å². The average Bonchev–Trinajstić information content (AvgIpc) is 2.46. The summed E-state index contributed by atoms with van der Waals surface area (Å²) in [6.07, 6.45) is 3.06. The zero-order valence-corrected chi connectivity index (χ0v) is 11.1. The van der Waals surface area contributed by atoms with Gasteiger partial charge in [0.15, 0.2) is 0 Å². The molecule has 5 nitrogen and oxygen atoms in total. The molecule has 2 saturated heterocycles. The number of carbonyl (C=O) groups is 1. The van der Waals surface area contributed by atoms with Crippen molar-refractivity contribution >= 4 is 5.91 Å². The van der Waals surface area contributed by atoms with Crippen LogP contribution in [0, 0.1) is 5.92 Å². The third-order valence-corrected chi connectivity index (χ3v) is 3.87. The smallest absolute Gasteiger partial charge is 0.228 e. The molecule has 18 heavy (non-hydrogen) atoms. The van der Waals surface area contributed by atoms with E-state index in [0.717, 1.165) is 65.1 Å². The Morgan fingerprint density at radius 2 is 2.06 bits per heavy atom. The Morgan fingerprint density at radius 3 is 2.67 bits per heavy atom. The van der Waals surface area contributed by atoms with E-state index in [4.69, 9.17) is 10.5 Å². The second-order valence-corrected chi connectivity index (χ2v) is 5.22. The van der Waals surface area contributed by atoms with E-state index in [0.29, 0.717) is 12.5 Å². The molecule has 1 atom stereocenters. The molecule has 2 aliphatic rings. The van der Waals surface area contributed by atoms with Gasteiger partial charge in [-0.2, -0.15) is 0 Å². The molecule has 0 aliphatic carbocycles. The molecule has 2 fully saturated rings. The van der Waals surface area contributed by atoms with Gasteiger partial charge in [0.1, 0.15) is 0 Å². The highest BCUT2D eigenvalue weighted by Gasteiger charge is 2.28. The van der Waals surface area contributed by atoms with Crippen LogP contribution in [-0.2, 0) is 9.53 Å². The van der Waals surface area contributed by atoms with Gasteiger partial charge in [0.25, 0.3) is 0 Å². The Hall–Kier alpha value is -0.650. The summed E-state index contributed by atoms with van der Waals surface area (Å²) in [5.74, 6) is 0.405. The lowest BCUT2D eigenvalue weighted by Gasteiger charge is -2.37. The Morgan fingerprint density at radius 1 is 1.28 bits per heavy atom. The number of rotatable bonds is 4. The van der Waals surface area contributed by atoms with Crippen molar-refractivity contribution in [2.45, 2.75) is 19.3 Å². The molecule has 0 aromatic carbocycles. The van der Waals surface area contributed by atoms with Crippen molar-refractivity contribution in [2.24, 2.45) is 11.7 Å². The first-order valence-electron chi connectivity index (χ1n) is 7.10. The van der Waals surface area contributed by atoms with Gasteiger partial charge in [-0.15, -0.1) is 0 Å². The molecule has 2 rings (SSSR count). The van der Waals surface area contributed by atoms with E-state index in [9.17, 15) is 4.79 Å². The topological polar surface area (TPSA) is 58.8 Å². The van der Waals surface area contributed by atoms with Crippen molar-refractivity contribution in [1.82, 2.24) is 9.80 Å². The van der Waals surface area contributed by atoms with Crippen molar-refractivity contribution in [3.63, 3.8) is 0 Å². The number of ether oxygens (including phenoxy) is 1. The van der Waals surface area contributed by atoms with Crippen LogP contribution in [0.15, 0.2) is 0 Å². The third-order valence-electron chi connectivity index (χ3n) is 3.87. The zero-order chi connectivity index (χ0) is 12.8. The number of piperazine rings is 1. The summed E-state index contributed by atoms with van der Waals surface area (Å²) in [6.45, 7) is 6.94. The molecular weight excluding hydrogens is 230 g/mol. The van der Waals surface area contributed by atoms with Gasteiger partial charge in [-0.05, 0) is 32.4 Å². The monoisotopic (exact) mass is 255 g/mol. The van der Waals surface area contributed by atoms with Gasteiger partial charge >= 0.3 is 0 Å². The first kappa shape index (κ1) is 13.8. The first-order valence-corrected chi connectivity index (χ1v) is 7.10. The summed E-state index contributed by atoms with van der Waals surface area (Å²) in [6, 6.07) is 0. The fourth-order valence-electron chi connectivity index (χ4n) is 2.70. The fourth-order valence-corrected chi connectivity index (χ4v) is 2.70. The van der Waals surface area contributed by atoms with Crippen molar-refractivity contribution in [2.75, 3.05) is 52.5 Å². The molecule has 0 aromatic rings. The molecule has 0 radical (unpaired) electrons. The molecule has 0 bridgehead atoms. The second-order valence-electron chi connectivity index (χ2n) is 5.22. The highest BCUT2D eigenvalue weighted by molar-refractivity contribution is 5.79. The summed E-state index contributed by atoms with van der Waals surface area (Å²) in [7, 11) is 0. The molecule has 5 heteroatoms. The number of hydrogen-bond donors (Lipinski definition) is 1. The van der Waals surface area contributed by atoms with Crippen molar-refractivity contribution < 1.29 is 9.53 Å². The standard InChI is InChI=1S/C13H25N3O2/c14-4-2-5-15-6-8-16(9-7-15)13(17)12-3-1-10-18-11-12/h12H,1-11,14H2. The zero-order valence-electron chi connectivity index (χ0n) is 11.1. The number of nitrogens with two attached hydrogens (primary N) is 1. The molecule has 0 saturated carbocycles. The second kappa shape index (κ2) is 7.07. The molecule has 1 amide bonds. The first-order chi connectivity index (χ1) is 8.81. The van der Waals surface area contributed by atoms with Crippen molar-refractivity contribution in [3.8, 4) is 0 Å². The van der Waals surface area contributed by atoms with Crippen LogP contribution in [0.3, 0.4) is 0 Å². The predicted molar refractivity (Wildman–Crippen MR) is 70.2 cm³/mol. The number of carbonyl (C=O) groups excluding carboxylic acids is 1. The predicted octanol–water partition coefficient (Wildman–Crippen LogP) is -0.0940. The largest absolute Gasteiger partial charge is 0.381 e. The van der Waals surface area contributed by atoms with Gasteiger partial charge in [-0.3, -0.25) is 9.69 Å². The summed E-state index contributed by atoms with van der Waals surface area (Å²) in [5.41, 5.74) is 5.51. The van der Waals surface area contributed by atoms with Crippen LogP contribution in [0.25, 0.3) is 0 Å². The maximum atomic E-state index is 12.3. The molecule has 2 aliphatic heterocycles. The third kappa shape index (κ3) is 3.67. The van der Waals surface area contributed by atoms with Crippen LogP contribution >= 0.6 is 0 Å². The maximum Gasteiger partial charge on any atom is 0.228 e. The molecule has 0 spiro atoms. The van der Waals surface area contributed by atoms with Crippen LogP contribution in [-0.4, -0.2) is 68.2 Å². The Balaban J connectivity index is 1.73. The van der Waals surface area contributed by atoms with Crippen LogP contribution in [0.2, 0.25) is 0 Å². The lowest BCUT2D eigenvalue weighted by atomic mass is 10.0. The minimum Gasteiger partial charge on any atom is -0.381 e. The Kier molecular flexibility index (Phi) is 5.41. The van der Waals surface area contributed by atoms with Crippen LogP contribution in [0.1, 0.15) is 19.3 Å². The quantitative estimate of drug-likeness (QED) is 0.762. The molecule has 2 N–H and O–H groups in total. The summed E-state index contributed by atoms with van der Waals surface area (Å²) < 4.78 is 5.40. The van der Waals surface area contributed by atoms with E-state index >= 15 is 0 Å². The highest BCUT2D eigenvalue weighted by Crippen LogP contribution is 2.17. The van der Waals surface area contributed by atoms with E-state index in [2.05, 4.69) is 4.90 Å². The van der Waals surface area contributed by atoms with Gasteiger partial charge < -0.3 is 15.4 Å². The normalized spacial score (nSPS) is 26.3. The van der Waals surface area contributed by atoms with E-state index in [1.807, 2.05) is 4.90 Å². The van der Waals surface area contributed by atoms with E-state index in [-0.39, 0.29) is 5.92 Å². The molecule has 104 valence electrons. The lowest BCUT2D eigenvalue weighted by molar-refractivity contribution is -0.141. The minimum absolute atomic E-state index is 0.106. The molecule has 0 aromatic heterocycles. The van der Waals surface area contributed by atoms with E-state index in [1.54, 1.807) is 0 Å². The van der Waals surface area contributed by atoms with E-state index < -0.39 is 0 Å². The highest BCUT2D eigenvalue weighted by atomic mass is 16.5. The van der Waals surface area contributed by atoms with Crippen LogP contribution in [0.5, 0.6) is 0 Å². The molecule has 1 unspecified atom stereocenters. The van der Waals surface area contributed by atoms with Gasteiger partial charge in [0.2, 0.25) is 5.91 Å². The number of nitrogens with zero attached hydrogens (tertiary/aromatic N) is 2. The summed E-state index contributed by atoms with van der Waals surface area (Å²) in [5, 5.41) is 0. The summed E-state index contributed by atoms with van der Waals surface area (Å²) in [4.78, 5) is 16.7. The summed E-state index contributed by atoms with van der Waals surface area (Å²) >= 11 is 0. The van der Waals surface area contributed by atoms with Gasteiger partial charge in [-0.25, -0.2) is 0 Å². The Bertz CT molecular complexity index is 259. The van der Waals surface area contributed by atoms with Crippen molar-refractivity contribution in [1.29, 1.82) is 0 Å². The molecular formula is C13H25N3O2. The van der Waals surface area contributed by atoms with Gasteiger partial charge in [0, 0.05) is 32.8 Å². The lowest BCUT2D eigenvalue weighted by Crippen LogP contribution is -2.51. The van der Waals surface area contributed by atoms with E-state index in [1.165, 1.54) is 0 Å². The molecule has 2 heterocycles. The SMILES string of the molecule is NCCCN1CCN(C(=O)C2CCCOC2)CC1. The maximum absolute atomic E-state index is 12.3. The van der Waals surface area contributed by atoms with Crippen LogP contribution < -0.4 is 5.73 Å². The number of hydrogen-bond acceptors (Lipinski definition) is 4. The van der Waals surface area contributed by atoms with Gasteiger partial charge in [0.05, 0.1) is 12.5 Å². The van der Waals surface area contributed by atoms with Crippen LogP contribution in [0.4, 0.5) is 0 Å². The van der Waals surface area contributed by atoms with Crippen molar-refractivity contribution in [3.05, 3.63) is 0 Å². The minimum atomic E-state index is 0.106. The van der Waals surface area contributed by atoms with Gasteiger partial charge in [-0.1, -0.05) is 0 Å².